The molecule has 1 aromatic heterocycles. The molecule has 138 valence electrons. The number of fused-ring (bicyclic) bond motifs is 1. The van der Waals surface area contributed by atoms with E-state index in [4.69, 9.17) is 10.5 Å². The Hall–Kier alpha value is -1.44. The van der Waals surface area contributed by atoms with Gasteiger partial charge in [-0.05, 0) is 38.5 Å². The number of rotatable bonds is 2. The highest BCUT2D eigenvalue weighted by Crippen LogP contribution is 2.40. The first kappa shape index (κ1) is 17.0. The number of aliphatic hydroxyl groups excluding tert-OH is 1. The van der Waals surface area contributed by atoms with Crippen molar-refractivity contribution in [2.24, 2.45) is 11.8 Å². The first-order valence-corrected chi connectivity index (χ1v) is 9.38. The Balaban J connectivity index is 1.50. The van der Waals surface area contributed by atoms with Crippen molar-refractivity contribution in [2.75, 3.05) is 50.0 Å². The molecule has 3 heterocycles. The number of morpholine rings is 1. The van der Waals surface area contributed by atoms with Gasteiger partial charge in [0.2, 0.25) is 5.95 Å². The van der Waals surface area contributed by atoms with Crippen molar-refractivity contribution in [1.29, 1.82) is 0 Å². The van der Waals surface area contributed by atoms with Gasteiger partial charge in [0, 0.05) is 43.5 Å². The first-order valence-electron chi connectivity index (χ1n) is 9.38. The zero-order valence-corrected chi connectivity index (χ0v) is 15.2. The van der Waals surface area contributed by atoms with Crippen LogP contribution in [-0.2, 0) is 4.74 Å². The zero-order valence-electron chi connectivity index (χ0n) is 15.2. The number of nitrogens with zero attached hydrogens (tertiary/aromatic N) is 4. The predicted molar refractivity (Wildman–Crippen MR) is 96.5 cm³/mol. The molecule has 7 heteroatoms. The summed E-state index contributed by atoms with van der Waals surface area (Å²) in [5, 5.41) is 10.7. The van der Waals surface area contributed by atoms with Gasteiger partial charge in [-0.25, -0.2) is 4.98 Å². The van der Waals surface area contributed by atoms with Crippen LogP contribution in [0.25, 0.3) is 0 Å². The normalized spacial score (nSPS) is 33.5. The SMILES string of the molecule is Cc1nc(N)nc(N2C[C@H]3C[C@@H](N4CCOCC4)[C@H](O)C[C@H]3C2)c1C. The maximum Gasteiger partial charge on any atom is 0.222 e. The van der Waals surface area contributed by atoms with E-state index in [0.717, 1.165) is 69.3 Å². The number of aromatic nitrogens is 2. The van der Waals surface area contributed by atoms with Gasteiger partial charge in [0.05, 0.1) is 19.3 Å². The molecule has 1 aromatic rings. The standard InChI is InChI=1S/C18H29N5O2/c1-11-12(2)20-18(19)21-17(11)23-9-13-7-15(16(24)8-14(13)10-23)22-3-5-25-6-4-22/h13-16,24H,3-10H2,1-2H3,(H2,19,20,21)/t13-,14+,15-,16-/m1/s1. The van der Waals surface area contributed by atoms with Crippen molar-refractivity contribution in [3.8, 4) is 0 Å². The molecule has 0 aromatic carbocycles. The van der Waals surface area contributed by atoms with Crippen LogP contribution in [0.15, 0.2) is 0 Å². The minimum absolute atomic E-state index is 0.238. The van der Waals surface area contributed by atoms with Crippen molar-refractivity contribution in [3.05, 3.63) is 11.3 Å². The lowest BCUT2D eigenvalue weighted by Gasteiger charge is -2.43. The number of nitrogen functional groups attached to an aromatic ring is 1. The maximum atomic E-state index is 10.7. The summed E-state index contributed by atoms with van der Waals surface area (Å²) >= 11 is 0. The molecule has 2 saturated heterocycles. The van der Waals surface area contributed by atoms with Gasteiger partial charge in [-0.1, -0.05) is 0 Å². The molecule has 0 unspecified atom stereocenters. The third-order valence-electron chi connectivity index (χ3n) is 6.30. The van der Waals surface area contributed by atoms with E-state index in [2.05, 4.69) is 26.7 Å². The summed E-state index contributed by atoms with van der Waals surface area (Å²) in [7, 11) is 0. The van der Waals surface area contributed by atoms with Crippen LogP contribution in [0.5, 0.6) is 0 Å². The summed E-state index contributed by atoms with van der Waals surface area (Å²) in [6.07, 6.45) is 1.69. The molecular formula is C18H29N5O2. The largest absolute Gasteiger partial charge is 0.391 e. The molecule has 1 saturated carbocycles. The van der Waals surface area contributed by atoms with E-state index in [1.165, 1.54) is 0 Å². The van der Waals surface area contributed by atoms with E-state index in [-0.39, 0.29) is 12.1 Å². The van der Waals surface area contributed by atoms with Gasteiger partial charge in [0.15, 0.2) is 0 Å². The monoisotopic (exact) mass is 347 g/mol. The lowest BCUT2D eigenvalue weighted by molar-refractivity contribution is -0.0520. The maximum absolute atomic E-state index is 10.7. The van der Waals surface area contributed by atoms with Gasteiger partial charge in [-0.15, -0.1) is 0 Å². The molecule has 1 aliphatic carbocycles. The summed E-state index contributed by atoms with van der Waals surface area (Å²) in [4.78, 5) is 13.5. The molecule has 4 atom stereocenters. The molecule has 25 heavy (non-hydrogen) atoms. The Morgan fingerprint density at radius 1 is 1.08 bits per heavy atom. The fourth-order valence-electron chi connectivity index (χ4n) is 4.82. The number of hydrogen-bond acceptors (Lipinski definition) is 7. The zero-order chi connectivity index (χ0) is 17.6. The quantitative estimate of drug-likeness (QED) is 0.809. The first-order chi connectivity index (χ1) is 12.0. The van der Waals surface area contributed by atoms with Crippen molar-refractivity contribution in [1.82, 2.24) is 14.9 Å². The summed E-state index contributed by atoms with van der Waals surface area (Å²) in [5.74, 6) is 2.45. The average molecular weight is 347 g/mol. The van der Waals surface area contributed by atoms with Crippen LogP contribution in [0.4, 0.5) is 11.8 Å². The lowest BCUT2D eigenvalue weighted by Crippen LogP contribution is -2.53. The van der Waals surface area contributed by atoms with E-state index in [1.807, 2.05) is 6.92 Å². The van der Waals surface area contributed by atoms with Crippen molar-refractivity contribution >= 4 is 11.8 Å². The summed E-state index contributed by atoms with van der Waals surface area (Å²) in [5.41, 5.74) is 7.93. The van der Waals surface area contributed by atoms with E-state index in [0.29, 0.717) is 17.8 Å². The molecule has 0 amide bonds. The highest BCUT2D eigenvalue weighted by Gasteiger charge is 2.44. The number of aryl methyl sites for hydroxylation is 1. The molecule has 3 fully saturated rings. The van der Waals surface area contributed by atoms with Crippen molar-refractivity contribution in [3.63, 3.8) is 0 Å². The van der Waals surface area contributed by atoms with E-state index in [9.17, 15) is 5.11 Å². The Bertz CT molecular complexity index is 634. The fourth-order valence-corrected chi connectivity index (χ4v) is 4.82. The number of ether oxygens (including phenoxy) is 1. The molecule has 0 bridgehead atoms. The van der Waals surface area contributed by atoms with Crippen LogP contribution in [-0.4, -0.2) is 71.5 Å². The van der Waals surface area contributed by atoms with Crippen molar-refractivity contribution < 1.29 is 9.84 Å². The second-order valence-corrected chi connectivity index (χ2v) is 7.80. The van der Waals surface area contributed by atoms with Crippen LogP contribution < -0.4 is 10.6 Å². The molecular weight excluding hydrogens is 318 g/mol. The number of nitrogens with two attached hydrogens (primary N) is 1. The predicted octanol–water partition coefficient (Wildman–Crippen LogP) is 0.584. The molecule has 3 N–H and O–H groups in total. The van der Waals surface area contributed by atoms with Gasteiger partial charge in [-0.2, -0.15) is 4.98 Å². The highest BCUT2D eigenvalue weighted by atomic mass is 16.5. The third-order valence-corrected chi connectivity index (χ3v) is 6.30. The van der Waals surface area contributed by atoms with E-state index >= 15 is 0 Å². The minimum Gasteiger partial charge on any atom is -0.391 e. The molecule has 0 spiro atoms. The number of hydrogen-bond donors (Lipinski definition) is 2. The van der Waals surface area contributed by atoms with Crippen LogP contribution in [0.1, 0.15) is 24.1 Å². The lowest BCUT2D eigenvalue weighted by atomic mass is 9.77. The van der Waals surface area contributed by atoms with Gasteiger partial charge >= 0.3 is 0 Å². The molecule has 3 aliphatic rings. The average Bonchev–Trinajstić information content (AvgIpc) is 3.00. The third kappa shape index (κ3) is 3.20. The summed E-state index contributed by atoms with van der Waals surface area (Å²) < 4.78 is 5.47. The van der Waals surface area contributed by atoms with Gasteiger partial charge in [-0.3, -0.25) is 4.90 Å². The minimum atomic E-state index is -0.238. The Morgan fingerprint density at radius 2 is 1.76 bits per heavy atom. The molecule has 7 nitrogen and oxygen atoms in total. The van der Waals surface area contributed by atoms with Gasteiger partial charge < -0.3 is 20.5 Å². The second-order valence-electron chi connectivity index (χ2n) is 7.80. The second kappa shape index (κ2) is 6.70. The highest BCUT2D eigenvalue weighted by molar-refractivity contribution is 5.52. The number of anilines is 2. The van der Waals surface area contributed by atoms with Crippen LogP contribution in [0.3, 0.4) is 0 Å². The Labute approximate surface area is 149 Å². The fraction of sp³-hybridized carbons (Fsp3) is 0.778. The Kier molecular flexibility index (Phi) is 4.56. The smallest absolute Gasteiger partial charge is 0.222 e. The molecule has 2 aliphatic heterocycles. The number of aliphatic hydroxyl groups is 1. The van der Waals surface area contributed by atoms with Crippen LogP contribution >= 0.6 is 0 Å². The summed E-state index contributed by atoms with van der Waals surface area (Å²) in [6.45, 7) is 9.43. The van der Waals surface area contributed by atoms with Crippen molar-refractivity contribution in [2.45, 2.75) is 38.8 Å². The molecule has 0 radical (unpaired) electrons. The van der Waals surface area contributed by atoms with Gasteiger partial charge in [0.1, 0.15) is 5.82 Å². The Morgan fingerprint density at radius 3 is 2.48 bits per heavy atom. The van der Waals surface area contributed by atoms with Crippen LogP contribution in [0.2, 0.25) is 0 Å². The molecule has 4 rings (SSSR count). The summed E-state index contributed by atoms with van der Waals surface area (Å²) in [6, 6.07) is 0.267. The van der Waals surface area contributed by atoms with Crippen LogP contribution in [0, 0.1) is 25.7 Å². The topological polar surface area (TPSA) is 87.7 Å². The van der Waals surface area contributed by atoms with E-state index in [1.54, 1.807) is 0 Å². The van der Waals surface area contributed by atoms with E-state index < -0.39 is 0 Å². The van der Waals surface area contributed by atoms with Gasteiger partial charge in [0.25, 0.3) is 0 Å².